The van der Waals surface area contributed by atoms with Crippen molar-refractivity contribution >= 4 is 33.2 Å². The number of hydrogen-bond acceptors (Lipinski definition) is 2. The van der Waals surface area contributed by atoms with Crippen LogP contribution in [0.15, 0.2) is 29.2 Å². The summed E-state index contributed by atoms with van der Waals surface area (Å²) in [7, 11) is -3.50. The van der Waals surface area contributed by atoms with Crippen molar-refractivity contribution in [1.29, 1.82) is 0 Å². The maximum Gasteiger partial charge on any atom is 0.240 e. The number of rotatable bonds is 3. The van der Waals surface area contributed by atoms with Gasteiger partial charge in [-0.15, -0.1) is 11.6 Å². The van der Waals surface area contributed by atoms with Crippen LogP contribution in [0.5, 0.6) is 0 Å². The SMILES string of the molecule is O=S(=O)(N[C@H]1CCCC[C@H]1Cl)c1ccc(Cl)cc1. The third kappa shape index (κ3) is 3.38. The van der Waals surface area contributed by atoms with Gasteiger partial charge in [0, 0.05) is 16.4 Å². The van der Waals surface area contributed by atoms with Crippen LogP contribution in [0.2, 0.25) is 5.02 Å². The molecule has 6 heteroatoms. The average Bonchev–Trinajstić information content (AvgIpc) is 2.32. The van der Waals surface area contributed by atoms with Gasteiger partial charge in [-0.1, -0.05) is 24.4 Å². The number of hydrogen-bond donors (Lipinski definition) is 1. The molecule has 0 heterocycles. The van der Waals surface area contributed by atoms with Gasteiger partial charge >= 0.3 is 0 Å². The number of nitrogens with one attached hydrogen (secondary N) is 1. The van der Waals surface area contributed by atoms with Gasteiger partial charge in [-0.2, -0.15) is 0 Å². The Labute approximate surface area is 118 Å². The summed E-state index contributed by atoms with van der Waals surface area (Å²) >= 11 is 11.9. The number of halogens is 2. The molecule has 1 aliphatic rings. The Morgan fingerprint density at radius 1 is 1.11 bits per heavy atom. The van der Waals surface area contributed by atoms with Crippen molar-refractivity contribution in [2.75, 3.05) is 0 Å². The van der Waals surface area contributed by atoms with Crippen molar-refractivity contribution < 1.29 is 8.42 Å². The van der Waals surface area contributed by atoms with E-state index in [9.17, 15) is 8.42 Å². The fraction of sp³-hybridized carbons (Fsp3) is 0.500. The first-order valence-electron chi connectivity index (χ1n) is 5.91. The van der Waals surface area contributed by atoms with E-state index in [1.807, 2.05) is 0 Å². The number of benzene rings is 1. The predicted octanol–water partition coefficient (Wildman–Crippen LogP) is 3.17. The van der Waals surface area contributed by atoms with Crippen LogP contribution in [0.25, 0.3) is 0 Å². The van der Waals surface area contributed by atoms with Gasteiger partial charge in [-0.05, 0) is 37.1 Å². The maximum absolute atomic E-state index is 12.1. The molecule has 0 spiro atoms. The first-order chi connectivity index (χ1) is 8.49. The minimum absolute atomic E-state index is 0.124. The van der Waals surface area contributed by atoms with Crippen LogP contribution in [0.1, 0.15) is 25.7 Å². The average molecular weight is 308 g/mol. The van der Waals surface area contributed by atoms with Crippen molar-refractivity contribution in [1.82, 2.24) is 4.72 Å². The summed E-state index contributed by atoms with van der Waals surface area (Å²) in [6, 6.07) is 5.94. The largest absolute Gasteiger partial charge is 0.240 e. The van der Waals surface area contributed by atoms with Crippen molar-refractivity contribution in [2.24, 2.45) is 0 Å². The highest BCUT2D eigenvalue weighted by Crippen LogP contribution is 2.24. The fourth-order valence-corrected chi connectivity index (χ4v) is 3.95. The second-order valence-corrected chi connectivity index (χ2v) is 7.19. The molecule has 1 saturated carbocycles. The minimum atomic E-state index is -3.50. The van der Waals surface area contributed by atoms with Gasteiger partial charge in [0.2, 0.25) is 10.0 Å². The van der Waals surface area contributed by atoms with E-state index in [-0.39, 0.29) is 16.3 Å². The molecule has 100 valence electrons. The summed E-state index contributed by atoms with van der Waals surface area (Å²) < 4.78 is 27.0. The first-order valence-corrected chi connectivity index (χ1v) is 8.21. The van der Waals surface area contributed by atoms with E-state index < -0.39 is 10.0 Å². The molecule has 0 unspecified atom stereocenters. The fourth-order valence-electron chi connectivity index (χ4n) is 2.10. The standard InChI is InChI=1S/C12H15Cl2NO2S/c13-9-5-7-10(8-6-9)18(16,17)15-12-4-2-1-3-11(12)14/h5-8,11-12,15H,1-4H2/t11-,12+/m1/s1. The zero-order valence-corrected chi connectivity index (χ0v) is 12.1. The highest BCUT2D eigenvalue weighted by Gasteiger charge is 2.27. The predicted molar refractivity (Wildman–Crippen MR) is 73.7 cm³/mol. The second kappa shape index (κ2) is 5.78. The van der Waals surface area contributed by atoms with Gasteiger partial charge < -0.3 is 0 Å². The maximum atomic E-state index is 12.1. The summed E-state index contributed by atoms with van der Waals surface area (Å²) in [6.45, 7) is 0. The van der Waals surface area contributed by atoms with Gasteiger partial charge in [0.05, 0.1) is 4.90 Å². The van der Waals surface area contributed by atoms with Crippen molar-refractivity contribution in [2.45, 2.75) is 42.0 Å². The van der Waals surface area contributed by atoms with E-state index in [2.05, 4.69) is 4.72 Å². The summed E-state index contributed by atoms with van der Waals surface area (Å²) in [5.41, 5.74) is 0. The molecule has 2 rings (SSSR count). The summed E-state index contributed by atoms with van der Waals surface area (Å²) in [4.78, 5) is 0.223. The molecule has 0 aliphatic heterocycles. The van der Waals surface area contributed by atoms with Crippen LogP contribution >= 0.6 is 23.2 Å². The van der Waals surface area contributed by atoms with E-state index in [1.54, 1.807) is 12.1 Å². The molecule has 0 aromatic heterocycles. The van der Waals surface area contributed by atoms with E-state index in [0.29, 0.717) is 5.02 Å². The third-order valence-electron chi connectivity index (χ3n) is 3.11. The topological polar surface area (TPSA) is 46.2 Å². The van der Waals surface area contributed by atoms with E-state index >= 15 is 0 Å². The molecule has 1 aliphatic carbocycles. The summed E-state index contributed by atoms with van der Waals surface area (Å²) in [5.74, 6) is 0. The lowest BCUT2D eigenvalue weighted by Gasteiger charge is -2.27. The molecule has 1 aromatic carbocycles. The number of sulfonamides is 1. The Balaban J connectivity index is 2.13. The van der Waals surface area contributed by atoms with Crippen LogP contribution in [0.4, 0.5) is 0 Å². The minimum Gasteiger partial charge on any atom is -0.207 e. The van der Waals surface area contributed by atoms with Gasteiger partial charge in [-0.25, -0.2) is 13.1 Å². The molecule has 0 amide bonds. The Kier molecular flexibility index (Phi) is 4.54. The van der Waals surface area contributed by atoms with Crippen molar-refractivity contribution in [3.63, 3.8) is 0 Å². The lowest BCUT2D eigenvalue weighted by Crippen LogP contribution is -2.42. The molecule has 18 heavy (non-hydrogen) atoms. The number of alkyl halides is 1. The Morgan fingerprint density at radius 3 is 2.33 bits per heavy atom. The highest BCUT2D eigenvalue weighted by molar-refractivity contribution is 7.89. The summed E-state index contributed by atoms with van der Waals surface area (Å²) in [5, 5.41) is 0.391. The van der Waals surface area contributed by atoms with E-state index in [0.717, 1.165) is 25.7 Å². The molecule has 0 bridgehead atoms. The van der Waals surface area contributed by atoms with Crippen molar-refractivity contribution in [3.8, 4) is 0 Å². The quantitative estimate of drug-likeness (QED) is 0.872. The third-order valence-corrected chi connectivity index (χ3v) is 5.39. The van der Waals surface area contributed by atoms with Crippen LogP contribution in [0.3, 0.4) is 0 Å². The molecular weight excluding hydrogens is 293 g/mol. The zero-order chi connectivity index (χ0) is 13.2. The van der Waals surface area contributed by atoms with Crippen LogP contribution < -0.4 is 4.72 Å². The van der Waals surface area contributed by atoms with E-state index in [4.69, 9.17) is 23.2 Å². The van der Waals surface area contributed by atoms with Gasteiger partial charge in [0.25, 0.3) is 0 Å². The molecule has 1 fully saturated rings. The summed E-state index contributed by atoms with van der Waals surface area (Å²) in [6.07, 6.45) is 3.72. The Hall–Kier alpha value is -0.290. The molecule has 2 atom stereocenters. The van der Waals surface area contributed by atoms with Crippen LogP contribution in [-0.4, -0.2) is 19.8 Å². The lowest BCUT2D eigenvalue weighted by molar-refractivity contribution is 0.418. The molecule has 0 saturated heterocycles. The molecular formula is C12H15Cl2NO2S. The van der Waals surface area contributed by atoms with Gasteiger partial charge in [0.1, 0.15) is 0 Å². The Bertz CT molecular complexity index is 501. The monoisotopic (exact) mass is 307 g/mol. The van der Waals surface area contributed by atoms with Gasteiger partial charge in [-0.3, -0.25) is 0 Å². The highest BCUT2D eigenvalue weighted by atomic mass is 35.5. The molecule has 0 radical (unpaired) electrons. The molecule has 1 N–H and O–H groups in total. The van der Waals surface area contributed by atoms with Crippen LogP contribution in [0, 0.1) is 0 Å². The second-order valence-electron chi connectivity index (χ2n) is 4.48. The smallest absolute Gasteiger partial charge is 0.207 e. The van der Waals surface area contributed by atoms with Crippen LogP contribution in [-0.2, 0) is 10.0 Å². The van der Waals surface area contributed by atoms with Crippen molar-refractivity contribution in [3.05, 3.63) is 29.3 Å². The first kappa shape index (κ1) is 14.1. The van der Waals surface area contributed by atoms with Gasteiger partial charge in [0.15, 0.2) is 0 Å². The zero-order valence-electron chi connectivity index (χ0n) is 9.77. The normalized spacial score (nSPS) is 25.0. The Morgan fingerprint density at radius 2 is 1.72 bits per heavy atom. The lowest BCUT2D eigenvalue weighted by atomic mass is 9.96. The molecule has 1 aromatic rings. The molecule has 3 nitrogen and oxygen atoms in total. The van der Waals surface area contributed by atoms with E-state index in [1.165, 1.54) is 12.1 Å².